The number of nitrogens with one attached hydrogen (secondary N) is 1. The van der Waals surface area contributed by atoms with Gasteiger partial charge in [-0.3, -0.25) is 14.8 Å². The van der Waals surface area contributed by atoms with Crippen molar-refractivity contribution < 1.29 is 9.53 Å². The first-order valence-electron chi connectivity index (χ1n) is 10.2. The van der Waals surface area contributed by atoms with Crippen LogP contribution in [0.15, 0.2) is 49.1 Å². The first-order valence-corrected chi connectivity index (χ1v) is 10.2. The average Bonchev–Trinajstić information content (AvgIpc) is 3.33. The molecule has 0 radical (unpaired) electrons. The summed E-state index contributed by atoms with van der Waals surface area (Å²) in [5, 5.41) is 6.87. The minimum absolute atomic E-state index is 0.127. The van der Waals surface area contributed by atoms with E-state index in [0.29, 0.717) is 29.9 Å². The third-order valence-corrected chi connectivity index (χ3v) is 5.74. The number of hydrogen-bond donors (Lipinski definition) is 1. The van der Waals surface area contributed by atoms with Crippen molar-refractivity contribution in [1.29, 1.82) is 0 Å². The maximum Gasteiger partial charge on any atom is 0.263 e. The smallest absolute Gasteiger partial charge is 0.263 e. The Hall–Kier alpha value is -3.33. The van der Waals surface area contributed by atoms with Gasteiger partial charge in [-0.25, -0.2) is 15.0 Å². The van der Waals surface area contributed by atoms with Crippen LogP contribution < -0.4 is 9.80 Å². The average molecular weight is 405 g/mol. The molecule has 9 nitrogen and oxygen atoms in total. The maximum atomic E-state index is 13.8. The number of carbonyl (C=O) groups is 1. The quantitative estimate of drug-likeness (QED) is 0.696. The van der Waals surface area contributed by atoms with Gasteiger partial charge in [0.15, 0.2) is 23.5 Å². The number of aromatic nitrogens is 5. The molecule has 9 heteroatoms. The molecule has 5 rings (SSSR count). The van der Waals surface area contributed by atoms with Crippen molar-refractivity contribution in [2.75, 3.05) is 29.6 Å². The van der Waals surface area contributed by atoms with E-state index in [1.807, 2.05) is 35.2 Å². The van der Waals surface area contributed by atoms with Crippen molar-refractivity contribution in [2.24, 2.45) is 5.92 Å². The molecule has 1 saturated heterocycles. The summed E-state index contributed by atoms with van der Waals surface area (Å²) in [6.07, 6.45) is 7.74. The van der Waals surface area contributed by atoms with Crippen LogP contribution in [0.1, 0.15) is 31.1 Å². The number of rotatable bonds is 5. The number of para-hydroxylation sites is 1. The van der Waals surface area contributed by atoms with Crippen LogP contribution in [0.5, 0.6) is 0 Å². The Morgan fingerprint density at radius 3 is 2.53 bits per heavy atom. The SMILES string of the molecule is O=C1C(c2ncn[nH]2)N(CCC2CCOCC2)c2nccnc2N1c1ccccc1. The number of fused-ring (bicyclic) bond motifs is 1. The Balaban J connectivity index is 1.55. The van der Waals surface area contributed by atoms with Gasteiger partial charge in [0, 0.05) is 32.2 Å². The summed E-state index contributed by atoms with van der Waals surface area (Å²) in [7, 11) is 0. The van der Waals surface area contributed by atoms with E-state index in [1.54, 1.807) is 17.3 Å². The first-order chi connectivity index (χ1) is 14.8. The molecule has 4 heterocycles. The first kappa shape index (κ1) is 18.7. The molecule has 1 N–H and O–H groups in total. The highest BCUT2D eigenvalue weighted by atomic mass is 16.5. The van der Waals surface area contributed by atoms with Crippen molar-refractivity contribution in [3.8, 4) is 0 Å². The molecule has 1 aromatic carbocycles. The number of benzene rings is 1. The molecule has 2 aromatic heterocycles. The van der Waals surface area contributed by atoms with Crippen molar-refractivity contribution in [1.82, 2.24) is 25.1 Å². The van der Waals surface area contributed by atoms with E-state index in [4.69, 9.17) is 4.74 Å². The lowest BCUT2D eigenvalue weighted by Gasteiger charge is -2.40. The number of H-pyrrole nitrogens is 1. The lowest BCUT2D eigenvalue weighted by molar-refractivity contribution is -0.119. The summed E-state index contributed by atoms with van der Waals surface area (Å²) in [5.74, 6) is 2.16. The summed E-state index contributed by atoms with van der Waals surface area (Å²) >= 11 is 0. The van der Waals surface area contributed by atoms with Crippen molar-refractivity contribution >= 4 is 23.2 Å². The molecule has 0 spiro atoms. The largest absolute Gasteiger partial charge is 0.381 e. The number of anilines is 3. The third kappa shape index (κ3) is 3.41. The maximum absolute atomic E-state index is 13.8. The Kier molecular flexibility index (Phi) is 5.10. The lowest BCUT2D eigenvalue weighted by Crippen LogP contribution is -2.48. The van der Waals surface area contributed by atoms with Crippen LogP contribution in [0, 0.1) is 5.92 Å². The van der Waals surface area contributed by atoms with Crippen LogP contribution in [0.4, 0.5) is 17.3 Å². The number of nitrogens with zero attached hydrogens (tertiary/aromatic N) is 6. The second-order valence-corrected chi connectivity index (χ2v) is 7.52. The molecule has 0 aliphatic carbocycles. The normalized spacial score (nSPS) is 19.7. The van der Waals surface area contributed by atoms with Gasteiger partial charge in [0.2, 0.25) is 0 Å². The van der Waals surface area contributed by atoms with Gasteiger partial charge in [0.1, 0.15) is 6.33 Å². The Bertz CT molecular complexity index is 990. The van der Waals surface area contributed by atoms with Crippen LogP contribution >= 0.6 is 0 Å². The molecule has 1 amide bonds. The second kappa shape index (κ2) is 8.19. The highest BCUT2D eigenvalue weighted by Gasteiger charge is 2.43. The van der Waals surface area contributed by atoms with Crippen LogP contribution in [0.2, 0.25) is 0 Å². The molecular weight excluding hydrogens is 382 g/mol. The van der Waals surface area contributed by atoms with Crippen LogP contribution in [-0.2, 0) is 9.53 Å². The van der Waals surface area contributed by atoms with Gasteiger partial charge < -0.3 is 9.64 Å². The summed E-state index contributed by atoms with van der Waals surface area (Å²) in [5.41, 5.74) is 0.748. The topological polar surface area (TPSA) is 100 Å². The van der Waals surface area contributed by atoms with Gasteiger partial charge in [-0.15, -0.1) is 0 Å². The number of hydrogen-bond acceptors (Lipinski definition) is 7. The van der Waals surface area contributed by atoms with Gasteiger partial charge in [0.25, 0.3) is 5.91 Å². The summed E-state index contributed by atoms with van der Waals surface area (Å²) in [4.78, 5) is 30.8. The summed E-state index contributed by atoms with van der Waals surface area (Å²) < 4.78 is 5.49. The molecule has 2 aliphatic heterocycles. The molecule has 154 valence electrons. The number of ether oxygens (including phenoxy) is 1. The molecule has 3 aromatic rings. The molecule has 30 heavy (non-hydrogen) atoms. The summed E-state index contributed by atoms with van der Waals surface area (Å²) in [6.45, 7) is 2.27. The van der Waals surface area contributed by atoms with Crippen molar-refractivity contribution in [3.63, 3.8) is 0 Å². The van der Waals surface area contributed by atoms with Gasteiger partial charge in [0.05, 0.1) is 5.69 Å². The molecule has 1 fully saturated rings. The fourth-order valence-electron chi connectivity index (χ4n) is 4.20. The number of carbonyl (C=O) groups excluding carboxylic acids is 1. The monoisotopic (exact) mass is 405 g/mol. The highest BCUT2D eigenvalue weighted by molar-refractivity contribution is 6.08. The number of aromatic amines is 1. The molecular formula is C21H23N7O2. The predicted octanol–water partition coefficient (Wildman–Crippen LogP) is 2.64. The van der Waals surface area contributed by atoms with Crippen molar-refractivity contribution in [2.45, 2.75) is 25.3 Å². The summed E-state index contributed by atoms with van der Waals surface area (Å²) in [6, 6.07) is 8.87. The molecule has 2 aliphatic rings. The van der Waals surface area contributed by atoms with Crippen LogP contribution in [-0.4, -0.2) is 50.8 Å². The zero-order valence-electron chi connectivity index (χ0n) is 16.5. The zero-order valence-corrected chi connectivity index (χ0v) is 16.5. The Labute approximate surface area is 174 Å². The second-order valence-electron chi connectivity index (χ2n) is 7.52. The van der Waals surface area contributed by atoms with Crippen molar-refractivity contribution in [3.05, 3.63) is 54.9 Å². The van der Waals surface area contributed by atoms with E-state index in [9.17, 15) is 4.79 Å². The van der Waals surface area contributed by atoms with E-state index in [0.717, 1.165) is 38.2 Å². The van der Waals surface area contributed by atoms with Gasteiger partial charge >= 0.3 is 0 Å². The van der Waals surface area contributed by atoms with Crippen LogP contribution in [0.3, 0.4) is 0 Å². The zero-order chi connectivity index (χ0) is 20.3. The van der Waals surface area contributed by atoms with E-state index in [2.05, 4.69) is 25.1 Å². The van der Waals surface area contributed by atoms with Gasteiger partial charge in [-0.1, -0.05) is 18.2 Å². The molecule has 0 saturated carbocycles. The Morgan fingerprint density at radius 1 is 1.03 bits per heavy atom. The van der Waals surface area contributed by atoms with Gasteiger partial charge in [-0.05, 0) is 37.3 Å². The third-order valence-electron chi connectivity index (χ3n) is 5.74. The fourth-order valence-corrected chi connectivity index (χ4v) is 4.20. The molecule has 1 atom stereocenters. The minimum atomic E-state index is -0.642. The Morgan fingerprint density at radius 2 is 1.80 bits per heavy atom. The molecule has 0 bridgehead atoms. The lowest BCUT2D eigenvalue weighted by atomic mass is 9.95. The number of amides is 1. The van der Waals surface area contributed by atoms with E-state index >= 15 is 0 Å². The minimum Gasteiger partial charge on any atom is -0.381 e. The van der Waals surface area contributed by atoms with E-state index in [1.165, 1.54) is 6.33 Å². The van der Waals surface area contributed by atoms with Crippen LogP contribution in [0.25, 0.3) is 0 Å². The highest BCUT2D eigenvalue weighted by Crippen LogP contribution is 2.42. The predicted molar refractivity (Wildman–Crippen MR) is 110 cm³/mol. The molecule has 1 unspecified atom stereocenters. The van der Waals surface area contributed by atoms with Gasteiger partial charge in [-0.2, -0.15) is 5.10 Å². The fraction of sp³-hybridized carbons (Fsp3) is 0.381. The standard InChI is InChI=1S/C21H23N7O2/c29-21-17(18-24-14-25-26-18)27(11-6-15-7-12-30-13-8-15)19-20(23-10-9-22-19)28(21)16-4-2-1-3-5-16/h1-5,9-10,14-15,17H,6-8,11-13H2,(H,24,25,26). The van der Waals surface area contributed by atoms with E-state index in [-0.39, 0.29) is 5.91 Å². The van der Waals surface area contributed by atoms with E-state index < -0.39 is 6.04 Å².